The molecule has 3 aromatic rings. The van der Waals surface area contributed by atoms with E-state index in [2.05, 4.69) is 15.3 Å². The van der Waals surface area contributed by atoms with E-state index in [0.29, 0.717) is 23.4 Å². The van der Waals surface area contributed by atoms with Crippen LogP contribution in [0.25, 0.3) is 0 Å². The predicted molar refractivity (Wildman–Crippen MR) is 110 cm³/mol. The number of rotatable bonds is 7. The minimum atomic E-state index is -0.388. The number of carbonyl (C=O) groups excluding carboxylic acids is 2. The van der Waals surface area contributed by atoms with Gasteiger partial charge in [0.1, 0.15) is 0 Å². The van der Waals surface area contributed by atoms with Gasteiger partial charge in [-0.1, -0.05) is 0 Å². The highest BCUT2D eigenvalue weighted by molar-refractivity contribution is 5.94. The van der Waals surface area contributed by atoms with Gasteiger partial charge in [0.05, 0.1) is 30.1 Å². The number of anilines is 2. The van der Waals surface area contributed by atoms with Crippen LogP contribution in [0, 0.1) is 0 Å². The molecule has 0 aliphatic rings. The van der Waals surface area contributed by atoms with Gasteiger partial charge in [0.15, 0.2) is 0 Å². The summed E-state index contributed by atoms with van der Waals surface area (Å²) < 4.78 is 4.69. The van der Waals surface area contributed by atoms with E-state index in [1.165, 1.54) is 7.11 Å². The Balaban J connectivity index is 1.63. The van der Waals surface area contributed by atoms with E-state index in [0.717, 1.165) is 17.7 Å². The first-order valence-electron chi connectivity index (χ1n) is 9.11. The molecule has 0 fully saturated rings. The number of hydrogen-bond donors (Lipinski definition) is 1. The summed E-state index contributed by atoms with van der Waals surface area (Å²) in [6, 6.07) is 12.5. The van der Waals surface area contributed by atoms with Crippen molar-refractivity contribution >= 4 is 23.3 Å². The zero-order valence-corrected chi connectivity index (χ0v) is 16.3. The number of nitrogens with one attached hydrogen (secondary N) is 1. The van der Waals surface area contributed by atoms with Gasteiger partial charge in [-0.05, 0) is 54.4 Å². The summed E-state index contributed by atoms with van der Waals surface area (Å²) in [6.45, 7) is 0.593. The molecule has 1 aromatic carbocycles. The van der Waals surface area contributed by atoms with Crippen LogP contribution in [0.1, 0.15) is 26.3 Å². The minimum absolute atomic E-state index is 0.101. The maximum Gasteiger partial charge on any atom is 0.337 e. The molecule has 1 amide bonds. The zero-order chi connectivity index (χ0) is 20.6. The third kappa shape index (κ3) is 5.38. The molecule has 0 saturated carbocycles. The Kier molecular flexibility index (Phi) is 6.52. The average molecular weight is 390 g/mol. The number of esters is 1. The summed E-state index contributed by atoms with van der Waals surface area (Å²) in [6.07, 6.45) is 7.43. The van der Waals surface area contributed by atoms with Gasteiger partial charge in [-0.25, -0.2) is 4.79 Å². The van der Waals surface area contributed by atoms with Crippen LogP contribution in [0.2, 0.25) is 0 Å². The standard InChI is InChI=1S/C22H22N4O3/c1-26(12-9-16-7-10-23-11-8-16)21(27)18-13-20(15-24-14-18)25-19-5-3-17(4-6-19)22(28)29-2/h3-8,10-11,13-15,25H,9,12H2,1-2H3. The van der Waals surface area contributed by atoms with Crippen molar-refractivity contribution in [2.75, 3.05) is 26.0 Å². The van der Waals surface area contributed by atoms with Crippen molar-refractivity contribution in [3.8, 4) is 0 Å². The summed E-state index contributed by atoms with van der Waals surface area (Å²) in [7, 11) is 3.12. The van der Waals surface area contributed by atoms with Crippen molar-refractivity contribution < 1.29 is 14.3 Å². The molecule has 148 valence electrons. The van der Waals surface area contributed by atoms with E-state index < -0.39 is 0 Å². The molecule has 0 bridgehead atoms. The fourth-order valence-electron chi connectivity index (χ4n) is 2.77. The Labute approximate surface area is 169 Å². The van der Waals surface area contributed by atoms with Crippen molar-refractivity contribution in [1.82, 2.24) is 14.9 Å². The van der Waals surface area contributed by atoms with Crippen molar-refractivity contribution in [2.45, 2.75) is 6.42 Å². The van der Waals surface area contributed by atoms with Crippen molar-refractivity contribution in [2.24, 2.45) is 0 Å². The van der Waals surface area contributed by atoms with E-state index in [-0.39, 0.29) is 11.9 Å². The van der Waals surface area contributed by atoms with Crippen LogP contribution in [0.4, 0.5) is 11.4 Å². The summed E-state index contributed by atoms with van der Waals surface area (Å²) in [5, 5.41) is 3.19. The van der Waals surface area contributed by atoms with Crippen LogP contribution in [0.5, 0.6) is 0 Å². The highest BCUT2D eigenvalue weighted by atomic mass is 16.5. The van der Waals surface area contributed by atoms with Gasteiger partial charge in [0.2, 0.25) is 0 Å². The van der Waals surface area contributed by atoms with Crippen LogP contribution in [0.15, 0.2) is 67.3 Å². The van der Waals surface area contributed by atoms with E-state index >= 15 is 0 Å². The molecular formula is C22H22N4O3. The molecule has 0 aliphatic carbocycles. The minimum Gasteiger partial charge on any atom is -0.465 e. The molecular weight excluding hydrogens is 368 g/mol. The molecule has 7 nitrogen and oxygen atoms in total. The molecule has 2 aromatic heterocycles. The molecule has 7 heteroatoms. The molecule has 0 aliphatic heterocycles. The highest BCUT2D eigenvalue weighted by Crippen LogP contribution is 2.18. The second kappa shape index (κ2) is 9.45. The Hall–Kier alpha value is -3.74. The fourth-order valence-corrected chi connectivity index (χ4v) is 2.77. The number of aromatic nitrogens is 2. The van der Waals surface area contributed by atoms with Gasteiger partial charge in [0, 0.05) is 37.9 Å². The lowest BCUT2D eigenvalue weighted by Gasteiger charge is -2.17. The number of methoxy groups -OCH3 is 1. The third-order valence-corrected chi connectivity index (χ3v) is 4.41. The molecule has 3 rings (SSSR count). The van der Waals surface area contributed by atoms with E-state index in [4.69, 9.17) is 4.74 Å². The normalized spacial score (nSPS) is 10.3. The summed E-state index contributed by atoms with van der Waals surface area (Å²) in [5.74, 6) is -0.489. The number of pyridine rings is 2. The maximum absolute atomic E-state index is 12.7. The van der Waals surface area contributed by atoms with Crippen molar-refractivity contribution in [3.05, 3.63) is 83.9 Å². The Morgan fingerprint density at radius 1 is 0.966 bits per heavy atom. The monoisotopic (exact) mass is 390 g/mol. The Morgan fingerprint density at radius 3 is 2.38 bits per heavy atom. The lowest BCUT2D eigenvalue weighted by Crippen LogP contribution is -2.29. The van der Waals surface area contributed by atoms with E-state index in [1.54, 1.807) is 67.1 Å². The first-order valence-corrected chi connectivity index (χ1v) is 9.11. The first kappa shape index (κ1) is 20.0. The van der Waals surface area contributed by atoms with Gasteiger partial charge < -0.3 is 15.0 Å². The number of hydrogen-bond acceptors (Lipinski definition) is 6. The second-order valence-electron chi connectivity index (χ2n) is 6.49. The number of ether oxygens (including phenoxy) is 1. The van der Waals surface area contributed by atoms with Crippen LogP contribution >= 0.6 is 0 Å². The molecule has 0 saturated heterocycles. The Bertz CT molecular complexity index is 975. The van der Waals surface area contributed by atoms with Crippen LogP contribution < -0.4 is 5.32 Å². The van der Waals surface area contributed by atoms with E-state index in [1.807, 2.05) is 12.1 Å². The van der Waals surface area contributed by atoms with Crippen LogP contribution in [0.3, 0.4) is 0 Å². The first-order chi connectivity index (χ1) is 14.1. The molecule has 0 spiro atoms. The third-order valence-electron chi connectivity index (χ3n) is 4.41. The number of amides is 1. The number of benzene rings is 1. The van der Waals surface area contributed by atoms with Crippen LogP contribution in [-0.2, 0) is 11.2 Å². The molecule has 29 heavy (non-hydrogen) atoms. The quantitative estimate of drug-likeness (QED) is 0.623. The molecule has 1 N–H and O–H groups in total. The van der Waals surface area contributed by atoms with Gasteiger partial charge >= 0.3 is 5.97 Å². The van der Waals surface area contributed by atoms with Gasteiger partial charge in [0.25, 0.3) is 5.91 Å². The predicted octanol–water partition coefficient (Wildman–Crippen LogP) is 3.32. The molecule has 0 atom stereocenters. The van der Waals surface area contributed by atoms with Gasteiger partial charge in [-0.3, -0.25) is 14.8 Å². The molecule has 2 heterocycles. The summed E-state index contributed by atoms with van der Waals surface area (Å²) >= 11 is 0. The lowest BCUT2D eigenvalue weighted by molar-refractivity contribution is 0.0600. The maximum atomic E-state index is 12.7. The van der Waals surface area contributed by atoms with E-state index in [9.17, 15) is 9.59 Å². The zero-order valence-electron chi connectivity index (χ0n) is 16.3. The van der Waals surface area contributed by atoms with Gasteiger partial charge in [-0.15, -0.1) is 0 Å². The summed E-state index contributed by atoms with van der Waals surface area (Å²) in [4.78, 5) is 34.1. The molecule has 0 radical (unpaired) electrons. The molecule has 0 unspecified atom stereocenters. The Morgan fingerprint density at radius 2 is 1.69 bits per heavy atom. The number of carbonyl (C=O) groups is 2. The smallest absolute Gasteiger partial charge is 0.337 e. The lowest BCUT2D eigenvalue weighted by atomic mass is 10.1. The van der Waals surface area contributed by atoms with Crippen molar-refractivity contribution in [3.63, 3.8) is 0 Å². The SMILES string of the molecule is COC(=O)c1ccc(Nc2cncc(C(=O)N(C)CCc3ccncc3)c2)cc1. The number of nitrogens with zero attached hydrogens (tertiary/aromatic N) is 3. The average Bonchev–Trinajstić information content (AvgIpc) is 2.77. The topological polar surface area (TPSA) is 84.4 Å². The number of likely N-dealkylation sites (N-methyl/N-ethyl adjacent to an activating group) is 1. The van der Waals surface area contributed by atoms with Crippen LogP contribution in [-0.4, -0.2) is 47.4 Å². The van der Waals surface area contributed by atoms with Gasteiger partial charge in [-0.2, -0.15) is 0 Å². The largest absolute Gasteiger partial charge is 0.465 e. The fraction of sp³-hybridized carbons (Fsp3) is 0.182. The second-order valence-corrected chi connectivity index (χ2v) is 6.49. The van der Waals surface area contributed by atoms with Crippen molar-refractivity contribution in [1.29, 1.82) is 0 Å². The highest BCUT2D eigenvalue weighted by Gasteiger charge is 2.13. The summed E-state index contributed by atoms with van der Waals surface area (Å²) in [5.41, 5.74) is 3.55.